The average Bonchev–Trinajstić information content (AvgIpc) is 2.63. The molecule has 0 aromatic carbocycles. The van der Waals surface area contributed by atoms with Crippen LogP contribution in [0.4, 0.5) is 5.69 Å². The summed E-state index contributed by atoms with van der Waals surface area (Å²) in [4.78, 5) is 16.7. The van der Waals surface area contributed by atoms with Gasteiger partial charge in [0.15, 0.2) is 0 Å². The van der Waals surface area contributed by atoms with Crippen LogP contribution in [0.2, 0.25) is 0 Å². The topological polar surface area (TPSA) is 67.4 Å². The summed E-state index contributed by atoms with van der Waals surface area (Å²) in [6.45, 7) is 9.88. The summed E-state index contributed by atoms with van der Waals surface area (Å²) < 4.78 is 1.71. The van der Waals surface area contributed by atoms with Crippen molar-refractivity contribution in [2.24, 2.45) is 0 Å². The zero-order valence-electron chi connectivity index (χ0n) is 13.1. The lowest BCUT2D eigenvalue weighted by Crippen LogP contribution is -2.57. The fourth-order valence-corrected chi connectivity index (χ4v) is 2.70. The van der Waals surface area contributed by atoms with Crippen LogP contribution in [-0.4, -0.2) is 57.7 Å². The maximum atomic E-state index is 12.4. The molecular weight excluding hydrogens is 254 g/mol. The Kier molecular flexibility index (Phi) is 4.04. The molecule has 0 aliphatic carbocycles. The van der Waals surface area contributed by atoms with Crippen molar-refractivity contribution in [3.63, 3.8) is 0 Å². The van der Waals surface area contributed by atoms with Gasteiger partial charge in [0, 0.05) is 25.2 Å². The molecule has 2 unspecified atom stereocenters. The number of nitrogen functional groups attached to an aromatic ring is 1. The zero-order chi connectivity index (χ0) is 15.0. The fourth-order valence-electron chi connectivity index (χ4n) is 2.70. The van der Waals surface area contributed by atoms with Gasteiger partial charge in [-0.05, 0) is 34.7 Å². The second kappa shape index (κ2) is 5.44. The number of aryl methyl sites for hydroxylation is 1. The van der Waals surface area contributed by atoms with Crippen LogP contribution in [0, 0.1) is 13.8 Å². The second-order valence-corrected chi connectivity index (χ2v) is 5.90. The smallest absolute Gasteiger partial charge is 0.244 e. The van der Waals surface area contributed by atoms with Gasteiger partial charge < -0.3 is 10.6 Å². The van der Waals surface area contributed by atoms with E-state index in [-0.39, 0.29) is 12.5 Å². The third kappa shape index (κ3) is 2.65. The van der Waals surface area contributed by atoms with E-state index in [1.807, 2.05) is 18.7 Å². The number of piperazine rings is 1. The number of carbonyl (C=O) groups is 1. The van der Waals surface area contributed by atoms with E-state index in [1.54, 1.807) is 4.68 Å². The summed E-state index contributed by atoms with van der Waals surface area (Å²) in [7, 11) is 2.11. The number of carbonyl (C=O) groups excluding carboxylic acids is 1. The van der Waals surface area contributed by atoms with Gasteiger partial charge in [0.1, 0.15) is 6.54 Å². The van der Waals surface area contributed by atoms with Crippen molar-refractivity contribution in [1.82, 2.24) is 19.6 Å². The lowest BCUT2D eigenvalue weighted by molar-refractivity contribution is -0.136. The van der Waals surface area contributed by atoms with Crippen LogP contribution in [0.25, 0.3) is 0 Å². The Bertz CT molecular complexity index is 498. The maximum Gasteiger partial charge on any atom is 0.244 e. The van der Waals surface area contributed by atoms with E-state index in [2.05, 4.69) is 30.9 Å². The van der Waals surface area contributed by atoms with Gasteiger partial charge in [-0.15, -0.1) is 0 Å². The molecule has 0 radical (unpaired) electrons. The van der Waals surface area contributed by atoms with Gasteiger partial charge in [-0.25, -0.2) is 0 Å². The van der Waals surface area contributed by atoms with Gasteiger partial charge in [0.2, 0.25) is 5.91 Å². The van der Waals surface area contributed by atoms with Crippen LogP contribution in [0.1, 0.15) is 25.2 Å². The van der Waals surface area contributed by atoms with Crippen molar-refractivity contribution in [2.75, 3.05) is 25.9 Å². The quantitative estimate of drug-likeness (QED) is 0.862. The van der Waals surface area contributed by atoms with Crippen molar-refractivity contribution in [3.8, 4) is 0 Å². The van der Waals surface area contributed by atoms with E-state index in [0.717, 1.165) is 24.5 Å². The molecule has 2 N–H and O–H groups in total. The molecule has 1 aliphatic rings. The highest BCUT2D eigenvalue weighted by Gasteiger charge is 2.29. The molecule has 0 spiro atoms. The lowest BCUT2D eigenvalue weighted by atomic mass is 10.1. The first kappa shape index (κ1) is 14.8. The van der Waals surface area contributed by atoms with E-state index in [0.29, 0.717) is 17.8 Å². The number of hydrogen-bond donors (Lipinski definition) is 1. The van der Waals surface area contributed by atoms with Gasteiger partial charge in [0.25, 0.3) is 0 Å². The Morgan fingerprint density at radius 2 is 1.85 bits per heavy atom. The maximum absolute atomic E-state index is 12.4. The van der Waals surface area contributed by atoms with Crippen molar-refractivity contribution in [2.45, 2.75) is 46.3 Å². The molecule has 112 valence electrons. The number of likely N-dealkylation sites (N-methyl/N-ethyl adjacent to an activating group) is 1. The highest BCUT2D eigenvalue weighted by atomic mass is 16.2. The van der Waals surface area contributed by atoms with Crippen molar-refractivity contribution < 1.29 is 4.79 Å². The third-order valence-corrected chi connectivity index (χ3v) is 4.43. The van der Waals surface area contributed by atoms with E-state index >= 15 is 0 Å². The first-order chi connectivity index (χ1) is 9.31. The fraction of sp³-hybridized carbons (Fsp3) is 0.714. The molecule has 1 fully saturated rings. The largest absolute Gasteiger partial charge is 0.396 e. The highest BCUT2D eigenvalue weighted by molar-refractivity contribution is 5.76. The Balaban J connectivity index is 2.07. The summed E-state index contributed by atoms with van der Waals surface area (Å²) in [6.07, 6.45) is 0. The summed E-state index contributed by atoms with van der Waals surface area (Å²) in [5.74, 6) is 0.113. The summed E-state index contributed by atoms with van der Waals surface area (Å²) >= 11 is 0. The molecule has 2 heterocycles. The minimum Gasteiger partial charge on any atom is -0.396 e. The normalized spacial score (nSPS) is 24.1. The number of hydrogen-bond acceptors (Lipinski definition) is 4. The predicted molar refractivity (Wildman–Crippen MR) is 79.4 cm³/mol. The highest BCUT2D eigenvalue weighted by Crippen LogP contribution is 2.17. The Morgan fingerprint density at radius 3 is 2.30 bits per heavy atom. The molecule has 2 atom stereocenters. The number of amides is 1. The van der Waals surface area contributed by atoms with Crippen molar-refractivity contribution in [1.29, 1.82) is 0 Å². The van der Waals surface area contributed by atoms with Gasteiger partial charge in [-0.1, -0.05) is 0 Å². The van der Waals surface area contributed by atoms with E-state index in [9.17, 15) is 4.79 Å². The summed E-state index contributed by atoms with van der Waals surface area (Å²) in [5, 5.41) is 4.33. The van der Waals surface area contributed by atoms with Gasteiger partial charge in [-0.2, -0.15) is 5.10 Å². The number of rotatable bonds is 2. The van der Waals surface area contributed by atoms with Crippen LogP contribution in [-0.2, 0) is 11.3 Å². The number of anilines is 1. The predicted octanol–water partition coefficient (Wildman–Crippen LogP) is 0.633. The van der Waals surface area contributed by atoms with E-state index < -0.39 is 0 Å². The number of aromatic nitrogens is 2. The van der Waals surface area contributed by atoms with E-state index in [1.165, 1.54) is 0 Å². The summed E-state index contributed by atoms with van der Waals surface area (Å²) in [6, 6.07) is 0.765. The monoisotopic (exact) mass is 279 g/mol. The Hall–Kier alpha value is -1.56. The SMILES string of the molecule is Cc1nn(CC(=O)N2CC(C)N(C)C(C)C2)c(C)c1N. The molecule has 6 heteroatoms. The third-order valence-electron chi connectivity index (χ3n) is 4.43. The van der Waals surface area contributed by atoms with Crippen LogP contribution >= 0.6 is 0 Å². The molecule has 0 bridgehead atoms. The zero-order valence-corrected chi connectivity index (χ0v) is 13.1. The first-order valence-corrected chi connectivity index (χ1v) is 7.10. The molecule has 1 aromatic rings. The minimum absolute atomic E-state index is 0.113. The second-order valence-electron chi connectivity index (χ2n) is 5.90. The molecular formula is C14H25N5O. The lowest BCUT2D eigenvalue weighted by Gasteiger charge is -2.42. The van der Waals surface area contributed by atoms with Gasteiger partial charge in [-0.3, -0.25) is 14.4 Å². The van der Waals surface area contributed by atoms with Crippen LogP contribution in [0.3, 0.4) is 0 Å². The molecule has 1 aromatic heterocycles. The average molecular weight is 279 g/mol. The Morgan fingerprint density at radius 1 is 1.30 bits per heavy atom. The molecule has 20 heavy (non-hydrogen) atoms. The Labute approximate surface area is 120 Å². The van der Waals surface area contributed by atoms with Gasteiger partial charge in [0.05, 0.1) is 17.1 Å². The molecule has 1 saturated heterocycles. The van der Waals surface area contributed by atoms with Crippen LogP contribution < -0.4 is 5.73 Å². The standard InChI is InChI=1S/C14H25N5O/c1-9-6-18(7-10(2)17(9)5)13(20)8-19-12(4)14(15)11(3)16-19/h9-10H,6-8,15H2,1-5H3. The molecule has 1 aliphatic heterocycles. The molecule has 2 rings (SSSR count). The van der Waals surface area contributed by atoms with Crippen molar-refractivity contribution >= 4 is 11.6 Å². The van der Waals surface area contributed by atoms with Gasteiger partial charge >= 0.3 is 0 Å². The first-order valence-electron chi connectivity index (χ1n) is 7.10. The minimum atomic E-state index is 0.113. The molecule has 0 saturated carbocycles. The molecule has 1 amide bonds. The van der Waals surface area contributed by atoms with Crippen LogP contribution in [0.5, 0.6) is 0 Å². The number of nitrogens with zero attached hydrogens (tertiary/aromatic N) is 4. The molecule has 6 nitrogen and oxygen atoms in total. The summed E-state index contributed by atoms with van der Waals surface area (Å²) in [5.41, 5.74) is 8.24. The number of nitrogens with two attached hydrogens (primary N) is 1. The van der Waals surface area contributed by atoms with Crippen LogP contribution in [0.15, 0.2) is 0 Å². The van der Waals surface area contributed by atoms with E-state index in [4.69, 9.17) is 5.73 Å². The van der Waals surface area contributed by atoms with Crippen molar-refractivity contribution in [3.05, 3.63) is 11.4 Å².